The van der Waals surface area contributed by atoms with Crippen molar-refractivity contribution in [3.8, 4) is 5.75 Å². The number of aromatic hydroxyl groups is 1. The zero-order valence-corrected chi connectivity index (χ0v) is 10.8. The lowest BCUT2D eigenvalue weighted by Crippen LogP contribution is -2.05. The van der Waals surface area contributed by atoms with E-state index in [1.54, 1.807) is 13.0 Å². The molecule has 0 spiro atoms. The van der Waals surface area contributed by atoms with Gasteiger partial charge in [0.25, 0.3) is 0 Å². The SMILES string of the molecule is Cc1ccc(O)c(CNc2c(F)cc(F)cc2Cl)n1. The Morgan fingerprint density at radius 3 is 2.74 bits per heavy atom. The highest BCUT2D eigenvalue weighted by molar-refractivity contribution is 6.33. The topological polar surface area (TPSA) is 45.1 Å². The van der Waals surface area contributed by atoms with Gasteiger partial charge >= 0.3 is 0 Å². The molecular weight excluding hydrogens is 274 g/mol. The molecule has 2 N–H and O–H groups in total. The molecule has 0 aliphatic heterocycles. The van der Waals surface area contributed by atoms with Gasteiger partial charge < -0.3 is 10.4 Å². The minimum atomic E-state index is -0.794. The lowest BCUT2D eigenvalue weighted by molar-refractivity contribution is 0.464. The lowest BCUT2D eigenvalue weighted by Gasteiger charge is -2.10. The minimum Gasteiger partial charge on any atom is -0.506 e. The van der Waals surface area contributed by atoms with E-state index in [4.69, 9.17) is 11.6 Å². The number of nitrogens with one attached hydrogen (secondary N) is 1. The molecule has 0 bridgehead atoms. The third-order valence-corrected chi connectivity index (χ3v) is 2.83. The number of hydrogen-bond donors (Lipinski definition) is 2. The Kier molecular flexibility index (Phi) is 3.85. The molecule has 0 saturated heterocycles. The van der Waals surface area contributed by atoms with E-state index in [-0.39, 0.29) is 23.0 Å². The zero-order valence-electron chi connectivity index (χ0n) is 10.0. The number of nitrogens with zero attached hydrogens (tertiary/aromatic N) is 1. The summed E-state index contributed by atoms with van der Waals surface area (Å²) in [5, 5.41) is 12.2. The largest absolute Gasteiger partial charge is 0.506 e. The molecule has 0 aliphatic carbocycles. The van der Waals surface area contributed by atoms with Crippen molar-refractivity contribution < 1.29 is 13.9 Å². The summed E-state index contributed by atoms with van der Waals surface area (Å²) >= 11 is 5.75. The van der Waals surface area contributed by atoms with Crippen LogP contribution in [0.2, 0.25) is 5.02 Å². The highest BCUT2D eigenvalue weighted by atomic mass is 35.5. The summed E-state index contributed by atoms with van der Waals surface area (Å²) in [5.41, 5.74) is 1.06. The van der Waals surface area contributed by atoms with Crippen molar-refractivity contribution in [1.82, 2.24) is 4.98 Å². The molecule has 2 aromatic rings. The molecule has 1 aromatic heterocycles. The van der Waals surface area contributed by atoms with E-state index in [0.717, 1.165) is 17.8 Å². The average molecular weight is 285 g/mol. The maximum atomic E-state index is 13.5. The van der Waals surface area contributed by atoms with Gasteiger partial charge in [0.15, 0.2) is 5.82 Å². The van der Waals surface area contributed by atoms with Crippen molar-refractivity contribution in [2.75, 3.05) is 5.32 Å². The van der Waals surface area contributed by atoms with Crippen LogP contribution >= 0.6 is 11.6 Å². The number of pyridine rings is 1. The highest BCUT2D eigenvalue weighted by Crippen LogP contribution is 2.27. The average Bonchev–Trinajstić information content (AvgIpc) is 2.32. The second-order valence-corrected chi connectivity index (χ2v) is 4.42. The Bertz CT molecular complexity index is 597. The second-order valence-electron chi connectivity index (χ2n) is 4.02. The minimum absolute atomic E-state index is 0.00302. The molecule has 100 valence electrons. The fourth-order valence-corrected chi connectivity index (χ4v) is 1.88. The number of aromatic nitrogens is 1. The molecule has 0 aliphatic rings. The molecule has 0 unspecified atom stereocenters. The van der Waals surface area contributed by atoms with Crippen molar-refractivity contribution in [3.05, 3.63) is 52.3 Å². The summed E-state index contributed by atoms with van der Waals surface area (Å²) in [6.45, 7) is 1.85. The van der Waals surface area contributed by atoms with Gasteiger partial charge in [0.2, 0.25) is 0 Å². The summed E-state index contributed by atoms with van der Waals surface area (Å²) in [6.07, 6.45) is 0. The summed E-state index contributed by atoms with van der Waals surface area (Å²) in [6, 6.07) is 4.90. The zero-order chi connectivity index (χ0) is 14.0. The summed E-state index contributed by atoms with van der Waals surface area (Å²) in [4.78, 5) is 4.11. The second kappa shape index (κ2) is 5.40. The van der Waals surface area contributed by atoms with Crippen LogP contribution in [0.15, 0.2) is 24.3 Å². The van der Waals surface area contributed by atoms with Gasteiger partial charge in [0.1, 0.15) is 17.3 Å². The Hall–Kier alpha value is -1.88. The maximum absolute atomic E-state index is 13.5. The molecule has 3 nitrogen and oxygen atoms in total. The number of hydrogen-bond acceptors (Lipinski definition) is 3. The number of anilines is 1. The molecule has 19 heavy (non-hydrogen) atoms. The van der Waals surface area contributed by atoms with Crippen LogP contribution in [0.3, 0.4) is 0 Å². The van der Waals surface area contributed by atoms with E-state index in [2.05, 4.69) is 10.3 Å². The maximum Gasteiger partial charge on any atom is 0.150 e. The van der Waals surface area contributed by atoms with Crippen LogP contribution in [-0.2, 0) is 6.54 Å². The first-order valence-corrected chi connectivity index (χ1v) is 5.89. The lowest BCUT2D eigenvalue weighted by atomic mass is 10.2. The molecule has 6 heteroatoms. The van der Waals surface area contributed by atoms with Crippen molar-refractivity contribution in [3.63, 3.8) is 0 Å². The molecule has 0 atom stereocenters. The predicted octanol–water partition coefficient (Wildman–Crippen LogP) is 3.64. The number of halogens is 3. The normalized spacial score (nSPS) is 10.5. The van der Waals surface area contributed by atoms with E-state index in [9.17, 15) is 13.9 Å². The van der Waals surface area contributed by atoms with Gasteiger partial charge in [0, 0.05) is 11.8 Å². The van der Waals surface area contributed by atoms with Crippen LogP contribution in [0.25, 0.3) is 0 Å². The quantitative estimate of drug-likeness (QED) is 0.904. The first-order valence-electron chi connectivity index (χ1n) is 5.51. The van der Waals surface area contributed by atoms with Crippen LogP contribution in [0.5, 0.6) is 5.75 Å². The summed E-state index contributed by atoms with van der Waals surface area (Å²) in [5.74, 6) is -1.54. The molecule has 1 heterocycles. The van der Waals surface area contributed by atoms with Crippen molar-refractivity contribution >= 4 is 17.3 Å². The third kappa shape index (κ3) is 3.12. The fraction of sp³-hybridized carbons (Fsp3) is 0.154. The fourth-order valence-electron chi connectivity index (χ4n) is 1.62. The number of aryl methyl sites for hydroxylation is 1. The number of benzene rings is 1. The van der Waals surface area contributed by atoms with Gasteiger partial charge in [-0.05, 0) is 25.1 Å². The Morgan fingerprint density at radius 2 is 2.05 bits per heavy atom. The van der Waals surface area contributed by atoms with Gasteiger partial charge in [0.05, 0.1) is 17.3 Å². The van der Waals surface area contributed by atoms with Crippen LogP contribution in [0.1, 0.15) is 11.4 Å². The molecule has 0 radical (unpaired) electrons. The summed E-state index contributed by atoms with van der Waals surface area (Å²) < 4.78 is 26.4. The van der Waals surface area contributed by atoms with Crippen LogP contribution < -0.4 is 5.32 Å². The van der Waals surface area contributed by atoms with E-state index in [1.165, 1.54) is 6.07 Å². The molecule has 0 fully saturated rings. The van der Waals surface area contributed by atoms with Gasteiger partial charge in [-0.15, -0.1) is 0 Å². The van der Waals surface area contributed by atoms with Crippen LogP contribution in [0, 0.1) is 18.6 Å². The number of rotatable bonds is 3. The third-order valence-electron chi connectivity index (χ3n) is 2.53. The van der Waals surface area contributed by atoms with Gasteiger partial charge in [-0.3, -0.25) is 4.98 Å². The van der Waals surface area contributed by atoms with E-state index >= 15 is 0 Å². The molecule has 2 rings (SSSR count). The smallest absolute Gasteiger partial charge is 0.150 e. The van der Waals surface area contributed by atoms with Crippen molar-refractivity contribution in [2.24, 2.45) is 0 Å². The standard InChI is InChI=1S/C13H11ClF2N2O/c1-7-2-3-12(19)11(18-7)6-17-13-9(14)4-8(15)5-10(13)16/h2-5,17,19H,6H2,1H3. The molecule has 0 saturated carbocycles. The first kappa shape index (κ1) is 13.5. The molecule has 1 aromatic carbocycles. The summed E-state index contributed by atoms with van der Waals surface area (Å²) in [7, 11) is 0. The Morgan fingerprint density at radius 1 is 1.32 bits per heavy atom. The first-order chi connectivity index (χ1) is 8.97. The monoisotopic (exact) mass is 284 g/mol. The van der Waals surface area contributed by atoms with Crippen molar-refractivity contribution in [1.29, 1.82) is 0 Å². The van der Waals surface area contributed by atoms with E-state index in [0.29, 0.717) is 5.69 Å². The Labute approximate surface area is 113 Å². The molecule has 0 amide bonds. The molecular formula is C13H11ClF2N2O. The van der Waals surface area contributed by atoms with Gasteiger partial charge in [-0.1, -0.05) is 11.6 Å². The van der Waals surface area contributed by atoms with E-state index < -0.39 is 11.6 Å². The Balaban J connectivity index is 2.21. The highest BCUT2D eigenvalue weighted by Gasteiger charge is 2.11. The van der Waals surface area contributed by atoms with Crippen molar-refractivity contribution in [2.45, 2.75) is 13.5 Å². The van der Waals surface area contributed by atoms with E-state index in [1.807, 2.05) is 0 Å². The predicted molar refractivity (Wildman–Crippen MR) is 69.3 cm³/mol. The van der Waals surface area contributed by atoms with Gasteiger partial charge in [-0.25, -0.2) is 8.78 Å². The van der Waals surface area contributed by atoms with Gasteiger partial charge in [-0.2, -0.15) is 0 Å². The van der Waals surface area contributed by atoms with Crippen LogP contribution in [-0.4, -0.2) is 10.1 Å². The van der Waals surface area contributed by atoms with Crippen LogP contribution in [0.4, 0.5) is 14.5 Å².